The van der Waals surface area contributed by atoms with Gasteiger partial charge in [-0.2, -0.15) is 0 Å². The molecule has 1 aliphatic carbocycles. The normalized spacial score (nSPS) is 18.9. The van der Waals surface area contributed by atoms with Crippen molar-refractivity contribution in [3.05, 3.63) is 11.8 Å². The Morgan fingerprint density at radius 1 is 1.44 bits per heavy atom. The molecule has 1 rings (SSSR count). The Kier molecular flexibility index (Phi) is 4.10. The van der Waals surface area contributed by atoms with Gasteiger partial charge in [0, 0.05) is 18.9 Å². The van der Waals surface area contributed by atoms with Gasteiger partial charge in [-0.3, -0.25) is 4.79 Å². The lowest BCUT2D eigenvalue weighted by Crippen LogP contribution is -2.24. The standard InChI is InChI=1S/C12H18O4/c1-4-15-11(14)8-16-10-5-9(13)6-12(2,3)7-10/h5H,4,6-8H2,1-3H3. The summed E-state index contributed by atoms with van der Waals surface area (Å²) in [7, 11) is 0. The summed E-state index contributed by atoms with van der Waals surface area (Å²) in [5, 5.41) is 0. The third kappa shape index (κ3) is 4.04. The largest absolute Gasteiger partial charge is 0.486 e. The SMILES string of the molecule is CCOC(=O)COC1=CC(=O)CC(C)(C)C1. The molecule has 0 spiro atoms. The van der Waals surface area contributed by atoms with Crippen LogP contribution in [0.4, 0.5) is 0 Å². The van der Waals surface area contributed by atoms with Gasteiger partial charge in [0.1, 0.15) is 5.76 Å². The number of ketones is 1. The van der Waals surface area contributed by atoms with E-state index < -0.39 is 5.97 Å². The number of hydrogen-bond donors (Lipinski definition) is 0. The first kappa shape index (κ1) is 12.7. The fourth-order valence-corrected chi connectivity index (χ4v) is 1.73. The van der Waals surface area contributed by atoms with Crippen LogP contribution < -0.4 is 0 Å². The van der Waals surface area contributed by atoms with Crippen molar-refractivity contribution >= 4 is 11.8 Å². The van der Waals surface area contributed by atoms with Crippen LogP contribution >= 0.6 is 0 Å². The number of ether oxygens (including phenoxy) is 2. The van der Waals surface area contributed by atoms with E-state index in [1.807, 2.05) is 13.8 Å². The number of allylic oxidation sites excluding steroid dienone is 2. The second-order valence-corrected chi connectivity index (χ2v) is 4.69. The van der Waals surface area contributed by atoms with Crippen LogP contribution in [0.25, 0.3) is 0 Å². The van der Waals surface area contributed by atoms with Gasteiger partial charge in [-0.1, -0.05) is 13.8 Å². The molecule has 90 valence electrons. The van der Waals surface area contributed by atoms with Gasteiger partial charge in [-0.25, -0.2) is 4.79 Å². The average molecular weight is 226 g/mol. The van der Waals surface area contributed by atoms with Gasteiger partial charge < -0.3 is 9.47 Å². The molecule has 16 heavy (non-hydrogen) atoms. The van der Waals surface area contributed by atoms with Gasteiger partial charge in [-0.05, 0) is 12.3 Å². The van der Waals surface area contributed by atoms with E-state index in [1.54, 1.807) is 6.92 Å². The van der Waals surface area contributed by atoms with E-state index in [4.69, 9.17) is 9.47 Å². The zero-order valence-electron chi connectivity index (χ0n) is 10.0. The Balaban J connectivity index is 2.48. The van der Waals surface area contributed by atoms with E-state index >= 15 is 0 Å². The first-order chi connectivity index (χ1) is 7.43. The molecule has 0 aromatic carbocycles. The number of esters is 1. The Hall–Kier alpha value is -1.32. The molecule has 0 bridgehead atoms. The summed E-state index contributed by atoms with van der Waals surface area (Å²) < 4.78 is 10.0. The fourth-order valence-electron chi connectivity index (χ4n) is 1.73. The molecule has 0 aliphatic heterocycles. The van der Waals surface area contributed by atoms with E-state index in [2.05, 4.69) is 0 Å². The molecule has 0 heterocycles. The Labute approximate surface area is 95.6 Å². The first-order valence-corrected chi connectivity index (χ1v) is 5.45. The molecule has 0 saturated carbocycles. The van der Waals surface area contributed by atoms with Crippen molar-refractivity contribution in [2.45, 2.75) is 33.6 Å². The number of carbonyl (C=O) groups excluding carboxylic acids is 2. The third-order valence-electron chi connectivity index (χ3n) is 2.31. The maximum absolute atomic E-state index is 11.4. The van der Waals surface area contributed by atoms with Crippen molar-refractivity contribution < 1.29 is 19.1 Å². The number of rotatable bonds is 4. The van der Waals surface area contributed by atoms with Gasteiger partial charge in [0.25, 0.3) is 0 Å². The lowest BCUT2D eigenvalue weighted by molar-refractivity contribution is -0.147. The maximum atomic E-state index is 11.4. The summed E-state index contributed by atoms with van der Waals surface area (Å²) in [5.41, 5.74) is -0.0875. The molecule has 0 unspecified atom stereocenters. The van der Waals surface area contributed by atoms with Crippen molar-refractivity contribution in [3.8, 4) is 0 Å². The van der Waals surface area contributed by atoms with Crippen molar-refractivity contribution in [1.29, 1.82) is 0 Å². The van der Waals surface area contributed by atoms with Gasteiger partial charge in [0.2, 0.25) is 0 Å². The highest BCUT2D eigenvalue weighted by molar-refractivity contribution is 5.91. The summed E-state index contributed by atoms with van der Waals surface area (Å²) in [6.45, 7) is 5.97. The van der Waals surface area contributed by atoms with E-state index in [1.165, 1.54) is 6.08 Å². The van der Waals surface area contributed by atoms with Gasteiger partial charge >= 0.3 is 5.97 Å². The second kappa shape index (κ2) is 5.14. The van der Waals surface area contributed by atoms with Crippen LogP contribution in [0.5, 0.6) is 0 Å². The quantitative estimate of drug-likeness (QED) is 0.686. The predicted molar refractivity (Wildman–Crippen MR) is 58.7 cm³/mol. The molecule has 0 atom stereocenters. The molecule has 0 saturated heterocycles. The van der Waals surface area contributed by atoms with Crippen LogP contribution in [0.2, 0.25) is 0 Å². The second-order valence-electron chi connectivity index (χ2n) is 4.69. The highest BCUT2D eigenvalue weighted by Crippen LogP contribution is 2.33. The van der Waals surface area contributed by atoms with Gasteiger partial charge in [0.05, 0.1) is 6.61 Å². The molecule has 0 aromatic heterocycles. The first-order valence-electron chi connectivity index (χ1n) is 5.45. The van der Waals surface area contributed by atoms with Crippen LogP contribution in [-0.2, 0) is 19.1 Å². The van der Waals surface area contributed by atoms with Crippen molar-refractivity contribution in [3.63, 3.8) is 0 Å². The fraction of sp³-hybridized carbons (Fsp3) is 0.667. The molecule has 0 aromatic rings. The average Bonchev–Trinajstić information content (AvgIpc) is 2.12. The van der Waals surface area contributed by atoms with Crippen LogP contribution in [-0.4, -0.2) is 25.0 Å². The smallest absolute Gasteiger partial charge is 0.344 e. The van der Waals surface area contributed by atoms with Crippen LogP contribution in [0.1, 0.15) is 33.6 Å². The predicted octanol–water partition coefficient (Wildman–Crippen LogP) is 1.84. The minimum Gasteiger partial charge on any atom is -0.486 e. The summed E-state index contributed by atoms with van der Waals surface area (Å²) in [4.78, 5) is 22.5. The molecular formula is C12H18O4. The lowest BCUT2D eigenvalue weighted by atomic mass is 9.79. The Bertz CT molecular complexity index is 315. The number of hydrogen-bond acceptors (Lipinski definition) is 4. The molecule has 4 nitrogen and oxygen atoms in total. The molecule has 0 fully saturated rings. The monoisotopic (exact) mass is 226 g/mol. The molecular weight excluding hydrogens is 208 g/mol. The van der Waals surface area contributed by atoms with Crippen molar-refractivity contribution in [1.82, 2.24) is 0 Å². The van der Waals surface area contributed by atoms with E-state index in [0.717, 1.165) is 0 Å². The molecule has 4 heteroatoms. The minimum atomic E-state index is -0.403. The zero-order chi connectivity index (χ0) is 12.2. The van der Waals surface area contributed by atoms with Crippen LogP contribution in [0.15, 0.2) is 11.8 Å². The van der Waals surface area contributed by atoms with Crippen LogP contribution in [0.3, 0.4) is 0 Å². The molecule has 0 amide bonds. The van der Waals surface area contributed by atoms with Crippen LogP contribution in [0, 0.1) is 5.41 Å². The highest BCUT2D eigenvalue weighted by Gasteiger charge is 2.28. The lowest BCUT2D eigenvalue weighted by Gasteiger charge is -2.28. The van der Waals surface area contributed by atoms with Crippen molar-refractivity contribution in [2.24, 2.45) is 5.41 Å². The summed E-state index contributed by atoms with van der Waals surface area (Å²) in [5.74, 6) is 0.226. The zero-order valence-corrected chi connectivity index (χ0v) is 10.0. The Morgan fingerprint density at radius 2 is 2.12 bits per heavy atom. The van der Waals surface area contributed by atoms with E-state index in [9.17, 15) is 9.59 Å². The van der Waals surface area contributed by atoms with E-state index in [-0.39, 0.29) is 17.8 Å². The summed E-state index contributed by atoms with van der Waals surface area (Å²) in [6.07, 6.45) is 2.68. The van der Waals surface area contributed by atoms with Gasteiger partial charge in [-0.15, -0.1) is 0 Å². The minimum absolute atomic E-state index is 0.0510. The number of carbonyl (C=O) groups is 2. The van der Waals surface area contributed by atoms with E-state index in [0.29, 0.717) is 25.2 Å². The molecule has 0 radical (unpaired) electrons. The van der Waals surface area contributed by atoms with Gasteiger partial charge in [0.15, 0.2) is 12.4 Å². The molecule has 1 aliphatic rings. The topological polar surface area (TPSA) is 52.6 Å². The molecule has 0 N–H and O–H groups in total. The van der Waals surface area contributed by atoms with Crippen molar-refractivity contribution in [2.75, 3.05) is 13.2 Å². The third-order valence-corrected chi connectivity index (χ3v) is 2.31. The highest BCUT2D eigenvalue weighted by atomic mass is 16.6. The summed E-state index contributed by atoms with van der Waals surface area (Å²) in [6, 6.07) is 0. The summed E-state index contributed by atoms with van der Waals surface area (Å²) >= 11 is 0. The maximum Gasteiger partial charge on any atom is 0.344 e. The Morgan fingerprint density at radius 3 is 2.69 bits per heavy atom.